The summed E-state index contributed by atoms with van der Waals surface area (Å²) in [4.78, 5) is 26.5. The number of carbonyl (C=O) groups excluding carboxylic acids is 2. The van der Waals surface area contributed by atoms with Crippen LogP contribution >= 0.6 is 11.6 Å². The van der Waals surface area contributed by atoms with Crippen LogP contribution in [-0.2, 0) is 21.1 Å². The maximum atomic E-state index is 14.0. The summed E-state index contributed by atoms with van der Waals surface area (Å²) in [5.41, 5.74) is 2.26. The van der Waals surface area contributed by atoms with Crippen molar-refractivity contribution in [1.82, 2.24) is 5.32 Å². The van der Waals surface area contributed by atoms with Crippen molar-refractivity contribution in [1.29, 1.82) is 0 Å². The predicted octanol–water partition coefficient (Wildman–Crippen LogP) is 8.59. The number of halogens is 4. The highest BCUT2D eigenvalue weighted by Gasteiger charge is 2.31. The van der Waals surface area contributed by atoms with Gasteiger partial charge in [-0.2, -0.15) is 21.6 Å². The highest BCUT2D eigenvalue weighted by Crippen LogP contribution is 2.37. The minimum Gasteiger partial charge on any atom is -0.493 e. The van der Waals surface area contributed by atoms with Gasteiger partial charge in [-0.25, -0.2) is 0 Å². The Hall–Kier alpha value is -4.39. The number of anilines is 1. The van der Waals surface area contributed by atoms with Crippen LogP contribution in [0.1, 0.15) is 66.6 Å². The van der Waals surface area contributed by atoms with Crippen LogP contribution < -0.4 is 15.4 Å². The second-order valence-corrected chi connectivity index (χ2v) is 15.1. The average molecular weight is 731 g/mol. The minimum absolute atomic E-state index is 0.0530. The molecular formula is C37H38ClF3N2O6S. The molecule has 4 aromatic carbocycles. The molecule has 4 aromatic rings. The van der Waals surface area contributed by atoms with E-state index >= 15 is 0 Å². The lowest BCUT2D eigenvalue weighted by atomic mass is 9.81. The normalized spacial score (nSPS) is 13.3. The second kappa shape index (κ2) is 15.7. The molecule has 2 amide bonds. The van der Waals surface area contributed by atoms with Gasteiger partial charge in [0.2, 0.25) is 5.91 Å². The van der Waals surface area contributed by atoms with E-state index < -0.39 is 45.4 Å². The minimum atomic E-state index is -4.52. The summed E-state index contributed by atoms with van der Waals surface area (Å²) >= 11 is 6.18. The summed E-state index contributed by atoms with van der Waals surface area (Å²) in [7, 11) is -4.22. The van der Waals surface area contributed by atoms with Gasteiger partial charge < -0.3 is 15.4 Å². The third kappa shape index (κ3) is 10.8. The lowest BCUT2D eigenvalue weighted by Gasteiger charge is -2.25. The highest BCUT2D eigenvalue weighted by molar-refractivity contribution is 7.85. The van der Waals surface area contributed by atoms with Crippen LogP contribution in [0.3, 0.4) is 0 Å². The van der Waals surface area contributed by atoms with Gasteiger partial charge in [-0.1, -0.05) is 81.8 Å². The van der Waals surface area contributed by atoms with E-state index in [-0.39, 0.29) is 28.5 Å². The number of alkyl halides is 3. The van der Waals surface area contributed by atoms with E-state index in [0.29, 0.717) is 34.7 Å². The molecule has 0 aliphatic rings. The fourth-order valence-corrected chi connectivity index (χ4v) is 5.79. The smallest absolute Gasteiger partial charge is 0.416 e. The molecule has 0 aromatic heterocycles. The molecule has 8 nitrogen and oxygen atoms in total. The van der Waals surface area contributed by atoms with Crippen LogP contribution in [-0.4, -0.2) is 43.7 Å². The van der Waals surface area contributed by atoms with Crippen molar-refractivity contribution in [3.63, 3.8) is 0 Å². The third-order valence-corrected chi connectivity index (χ3v) is 8.83. The largest absolute Gasteiger partial charge is 0.493 e. The summed E-state index contributed by atoms with van der Waals surface area (Å²) in [6.07, 6.45) is -4.52. The number of amides is 2. The molecular weight excluding hydrogens is 693 g/mol. The Kier molecular flexibility index (Phi) is 12.0. The maximum absolute atomic E-state index is 14.0. The Balaban J connectivity index is 1.57. The summed E-state index contributed by atoms with van der Waals surface area (Å²) in [5.74, 6) is -1.90. The molecule has 2 atom stereocenters. The molecule has 2 unspecified atom stereocenters. The van der Waals surface area contributed by atoms with E-state index in [2.05, 4.69) is 31.4 Å². The van der Waals surface area contributed by atoms with Gasteiger partial charge >= 0.3 is 6.18 Å². The van der Waals surface area contributed by atoms with Crippen molar-refractivity contribution >= 4 is 39.2 Å². The van der Waals surface area contributed by atoms with Crippen LogP contribution in [0.4, 0.5) is 18.9 Å². The van der Waals surface area contributed by atoms with Crippen molar-refractivity contribution in [3.05, 3.63) is 118 Å². The van der Waals surface area contributed by atoms with Crippen LogP contribution in [0.25, 0.3) is 11.1 Å². The predicted molar refractivity (Wildman–Crippen MR) is 188 cm³/mol. The van der Waals surface area contributed by atoms with Crippen LogP contribution in [0, 0.1) is 5.41 Å². The first-order chi connectivity index (χ1) is 23.3. The quantitative estimate of drug-likeness (QED) is 0.126. The standard InChI is InChI=1S/C37H38ClF3N2O6S/c1-23(24-5-7-27(8-6-24)34(44)42-19-20-50(46,47)48)33(26-11-16-30(17-12-26)49-22-36(2,3)4)35(45)43-29-14-9-25(10-15-29)31-18-13-28(21-32(31)38)37(39,40)41/h5-18,21,23,33H,19-20,22H2,1-4H3,(H,42,44)(H,43,45)(H,46,47,48). The molecule has 13 heteroatoms. The first kappa shape index (κ1) is 38.4. The maximum Gasteiger partial charge on any atom is 0.416 e. The van der Waals surface area contributed by atoms with Crippen LogP contribution in [0.15, 0.2) is 91.0 Å². The average Bonchev–Trinajstić information content (AvgIpc) is 3.03. The van der Waals surface area contributed by atoms with Crippen LogP contribution in [0.5, 0.6) is 5.75 Å². The summed E-state index contributed by atoms with van der Waals surface area (Å²) in [5, 5.41) is 5.34. The highest BCUT2D eigenvalue weighted by atomic mass is 35.5. The molecule has 50 heavy (non-hydrogen) atoms. The molecule has 0 fully saturated rings. The van der Waals surface area contributed by atoms with Crippen LogP contribution in [0.2, 0.25) is 5.02 Å². The number of hydrogen-bond acceptors (Lipinski definition) is 5. The Morgan fingerprint density at radius 1 is 0.880 bits per heavy atom. The summed E-state index contributed by atoms with van der Waals surface area (Å²) in [6.45, 7) is 8.29. The SMILES string of the molecule is CC(c1ccc(C(=O)NCCS(=O)(=O)O)cc1)C(C(=O)Nc1ccc(-c2ccc(C(F)(F)F)cc2Cl)cc1)c1ccc(OCC(C)(C)C)cc1. The first-order valence-corrected chi connectivity index (χ1v) is 17.6. The second-order valence-electron chi connectivity index (χ2n) is 13.1. The van der Waals surface area contributed by atoms with Gasteiger partial charge in [0, 0.05) is 28.4 Å². The number of benzene rings is 4. The van der Waals surface area contributed by atoms with Gasteiger partial charge in [0.15, 0.2) is 0 Å². The lowest BCUT2D eigenvalue weighted by Crippen LogP contribution is -2.29. The van der Waals surface area contributed by atoms with Gasteiger partial charge in [0.05, 0.1) is 23.8 Å². The van der Waals surface area contributed by atoms with Crippen molar-refractivity contribution in [2.24, 2.45) is 5.41 Å². The zero-order valence-corrected chi connectivity index (χ0v) is 29.4. The molecule has 0 bridgehead atoms. The molecule has 0 spiro atoms. The molecule has 0 heterocycles. The van der Waals surface area contributed by atoms with E-state index in [1.807, 2.05) is 19.1 Å². The fourth-order valence-electron chi connectivity index (χ4n) is 5.14. The molecule has 3 N–H and O–H groups in total. The van der Waals surface area contributed by atoms with Gasteiger partial charge in [0.1, 0.15) is 5.75 Å². The zero-order valence-electron chi connectivity index (χ0n) is 27.8. The van der Waals surface area contributed by atoms with E-state index in [9.17, 15) is 31.2 Å². The topological polar surface area (TPSA) is 122 Å². The van der Waals surface area contributed by atoms with E-state index in [4.69, 9.17) is 20.9 Å². The van der Waals surface area contributed by atoms with E-state index in [1.165, 1.54) is 6.07 Å². The first-order valence-electron chi connectivity index (χ1n) is 15.6. The molecule has 0 aliphatic heterocycles. The van der Waals surface area contributed by atoms with Crippen molar-refractivity contribution in [2.45, 2.75) is 45.7 Å². The molecule has 0 saturated carbocycles. The molecule has 266 valence electrons. The van der Waals surface area contributed by atoms with Crippen molar-refractivity contribution < 1.29 is 40.5 Å². The molecule has 4 rings (SSSR count). The summed E-state index contributed by atoms with van der Waals surface area (Å²) < 4.78 is 76.1. The van der Waals surface area contributed by atoms with Crippen molar-refractivity contribution in [2.75, 3.05) is 24.2 Å². The number of nitrogens with one attached hydrogen (secondary N) is 2. The Morgan fingerprint density at radius 2 is 1.48 bits per heavy atom. The number of ether oxygens (including phenoxy) is 1. The van der Waals surface area contributed by atoms with Gasteiger partial charge in [0.25, 0.3) is 16.0 Å². The number of hydrogen-bond donors (Lipinski definition) is 3. The number of carbonyl (C=O) groups is 2. The zero-order chi connectivity index (χ0) is 36.9. The van der Waals surface area contributed by atoms with Gasteiger partial charge in [-0.15, -0.1) is 0 Å². The van der Waals surface area contributed by atoms with E-state index in [0.717, 1.165) is 17.7 Å². The monoisotopic (exact) mass is 730 g/mol. The molecule has 0 aliphatic carbocycles. The Morgan fingerprint density at radius 3 is 2.02 bits per heavy atom. The van der Waals surface area contributed by atoms with Gasteiger partial charge in [-0.05, 0) is 76.6 Å². The fraction of sp³-hybridized carbons (Fsp3) is 0.297. The summed E-state index contributed by atoms with van der Waals surface area (Å²) in [6, 6.07) is 23.6. The third-order valence-electron chi connectivity index (χ3n) is 7.80. The van der Waals surface area contributed by atoms with E-state index in [1.54, 1.807) is 60.7 Å². The van der Waals surface area contributed by atoms with Crippen molar-refractivity contribution in [3.8, 4) is 16.9 Å². The van der Waals surface area contributed by atoms with Gasteiger partial charge in [-0.3, -0.25) is 14.1 Å². The Labute approximate surface area is 294 Å². The lowest BCUT2D eigenvalue weighted by molar-refractivity contribution is -0.137. The molecule has 0 radical (unpaired) electrons. The number of rotatable bonds is 12. The molecule has 0 saturated heterocycles. The Bertz CT molecular complexity index is 1910.